The molecule has 0 bridgehead atoms. The van der Waals surface area contributed by atoms with E-state index in [1.165, 1.54) is 6.07 Å². The summed E-state index contributed by atoms with van der Waals surface area (Å²) >= 11 is 5.72. The standard InChI is InChI=1S/C14H10ClFN2O/c15-9-5-3-7-11(12(9)16)17-13-8-4-1-2-6-10(8)18-14(13)19/h1-7,13,17H,(H,18,19). The smallest absolute Gasteiger partial charge is 0.251 e. The van der Waals surface area contributed by atoms with Crippen molar-refractivity contribution in [3.05, 3.63) is 58.9 Å². The normalized spacial score (nSPS) is 16.9. The molecule has 0 aliphatic carbocycles. The van der Waals surface area contributed by atoms with Crippen molar-refractivity contribution < 1.29 is 9.18 Å². The molecule has 3 nitrogen and oxygen atoms in total. The van der Waals surface area contributed by atoms with Gasteiger partial charge < -0.3 is 10.6 Å². The third-order valence-electron chi connectivity index (χ3n) is 3.04. The van der Waals surface area contributed by atoms with Gasteiger partial charge in [-0.25, -0.2) is 4.39 Å². The summed E-state index contributed by atoms with van der Waals surface area (Å²) in [4.78, 5) is 11.9. The van der Waals surface area contributed by atoms with Crippen molar-refractivity contribution in [3.63, 3.8) is 0 Å². The number of rotatable bonds is 2. The average molecular weight is 277 g/mol. The van der Waals surface area contributed by atoms with Crippen LogP contribution in [0.5, 0.6) is 0 Å². The molecule has 2 N–H and O–H groups in total. The molecule has 1 aliphatic rings. The van der Waals surface area contributed by atoms with Crippen LogP contribution in [0, 0.1) is 5.82 Å². The molecule has 1 heterocycles. The molecule has 19 heavy (non-hydrogen) atoms. The van der Waals surface area contributed by atoms with E-state index < -0.39 is 11.9 Å². The summed E-state index contributed by atoms with van der Waals surface area (Å²) in [5.41, 5.74) is 1.75. The Bertz CT molecular complexity index is 660. The van der Waals surface area contributed by atoms with E-state index in [0.717, 1.165) is 11.3 Å². The van der Waals surface area contributed by atoms with E-state index in [1.807, 2.05) is 24.3 Å². The summed E-state index contributed by atoms with van der Waals surface area (Å²) in [6, 6.07) is 11.3. The van der Waals surface area contributed by atoms with Crippen molar-refractivity contribution in [2.45, 2.75) is 6.04 Å². The number of nitrogens with one attached hydrogen (secondary N) is 2. The molecular weight excluding hydrogens is 267 g/mol. The number of anilines is 2. The minimum atomic E-state index is -0.607. The molecular formula is C14H10ClFN2O. The highest BCUT2D eigenvalue weighted by Gasteiger charge is 2.30. The van der Waals surface area contributed by atoms with Crippen molar-refractivity contribution in [3.8, 4) is 0 Å². The molecule has 0 saturated heterocycles. The second kappa shape index (κ2) is 4.55. The highest BCUT2D eigenvalue weighted by atomic mass is 35.5. The van der Waals surface area contributed by atoms with Crippen LogP contribution in [0.3, 0.4) is 0 Å². The van der Waals surface area contributed by atoms with Crippen LogP contribution in [0.25, 0.3) is 0 Å². The molecule has 1 amide bonds. The summed E-state index contributed by atoms with van der Waals surface area (Å²) in [6.45, 7) is 0. The summed E-state index contributed by atoms with van der Waals surface area (Å²) in [6.07, 6.45) is 0. The molecule has 0 radical (unpaired) electrons. The molecule has 0 spiro atoms. The Hall–Kier alpha value is -2.07. The topological polar surface area (TPSA) is 41.1 Å². The third-order valence-corrected chi connectivity index (χ3v) is 3.34. The summed E-state index contributed by atoms with van der Waals surface area (Å²) in [5.74, 6) is -0.762. The number of halogens is 2. The number of carbonyl (C=O) groups is 1. The molecule has 1 aliphatic heterocycles. The first-order chi connectivity index (χ1) is 9.16. The van der Waals surface area contributed by atoms with E-state index in [9.17, 15) is 9.18 Å². The number of carbonyl (C=O) groups excluding carboxylic acids is 1. The number of para-hydroxylation sites is 1. The Morgan fingerprint density at radius 3 is 2.79 bits per heavy atom. The van der Waals surface area contributed by atoms with Crippen LogP contribution in [0.2, 0.25) is 5.02 Å². The lowest BCUT2D eigenvalue weighted by Gasteiger charge is -2.14. The van der Waals surface area contributed by atoms with Gasteiger partial charge in [0.05, 0.1) is 10.7 Å². The average Bonchev–Trinajstić information content (AvgIpc) is 2.72. The van der Waals surface area contributed by atoms with Crippen LogP contribution in [0.1, 0.15) is 11.6 Å². The van der Waals surface area contributed by atoms with Gasteiger partial charge in [-0.3, -0.25) is 4.79 Å². The van der Waals surface area contributed by atoms with Gasteiger partial charge in [0.25, 0.3) is 5.91 Å². The summed E-state index contributed by atoms with van der Waals surface area (Å²) in [7, 11) is 0. The Labute approximate surface area is 114 Å². The maximum Gasteiger partial charge on any atom is 0.251 e. The maximum absolute atomic E-state index is 13.8. The number of fused-ring (bicyclic) bond motifs is 1. The SMILES string of the molecule is O=C1Nc2ccccc2C1Nc1cccc(Cl)c1F. The summed E-state index contributed by atoms with van der Waals surface area (Å²) < 4.78 is 13.8. The van der Waals surface area contributed by atoms with Crippen LogP contribution in [0.15, 0.2) is 42.5 Å². The zero-order chi connectivity index (χ0) is 13.4. The molecule has 5 heteroatoms. The van der Waals surface area contributed by atoms with E-state index in [2.05, 4.69) is 10.6 Å². The minimum absolute atomic E-state index is 0.0247. The molecule has 96 valence electrons. The highest BCUT2D eigenvalue weighted by molar-refractivity contribution is 6.31. The first kappa shape index (κ1) is 12.0. The van der Waals surface area contributed by atoms with Gasteiger partial charge in [-0.2, -0.15) is 0 Å². The number of hydrogen-bond acceptors (Lipinski definition) is 2. The molecule has 2 aromatic carbocycles. The second-order valence-electron chi connectivity index (χ2n) is 4.26. The molecule has 1 unspecified atom stereocenters. The fraction of sp³-hybridized carbons (Fsp3) is 0.0714. The van der Waals surface area contributed by atoms with Gasteiger partial charge in [-0.15, -0.1) is 0 Å². The van der Waals surface area contributed by atoms with E-state index in [0.29, 0.717) is 0 Å². The van der Waals surface area contributed by atoms with Crippen molar-refractivity contribution in [1.82, 2.24) is 0 Å². The lowest BCUT2D eigenvalue weighted by molar-refractivity contribution is -0.116. The van der Waals surface area contributed by atoms with Gasteiger partial charge in [0, 0.05) is 11.3 Å². The van der Waals surface area contributed by atoms with E-state index in [4.69, 9.17) is 11.6 Å². The van der Waals surface area contributed by atoms with Gasteiger partial charge in [-0.1, -0.05) is 35.9 Å². The van der Waals surface area contributed by atoms with Crippen molar-refractivity contribution in [1.29, 1.82) is 0 Å². The van der Waals surface area contributed by atoms with E-state index in [-0.39, 0.29) is 16.6 Å². The predicted molar refractivity (Wildman–Crippen MR) is 72.8 cm³/mol. The first-order valence-corrected chi connectivity index (χ1v) is 6.15. The molecule has 0 aromatic heterocycles. The Kier molecular flexibility index (Phi) is 2.87. The van der Waals surface area contributed by atoms with Gasteiger partial charge in [0.2, 0.25) is 0 Å². The summed E-state index contributed by atoms with van der Waals surface area (Å²) in [5, 5.41) is 5.65. The van der Waals surface area contributed by atoms with Crippen molar-refractivity contribution >= 4 is 28.9 Å². The number of hydrogen-bond donors (Lipinski definition) is 2. The maximum atomic E-state index is 13.8. The predicted octanol–water partition coefficient (Wildman–Crippen LogP) is 3.58. The van der Waals surface area contributed by atoms with Crippen LogP contribution in [0.4, 0.5) is 15.8 Å². The molecule has 1 atom stereocenters. The van der Waals surface area contributed by atoms with Gasteiger partial charge in [0.15, 0.2) is 5.82 Å². The second-order valence-corrected chi connectivity index (χ2v) is 4.66. The van der Waals surface area contributed by atoms with Crippen LogP contribution in [-0.2, 0) is 4.79 Å². The fourth-order valence-corrected chi connectivity index (χ4v) is 2.30. The Balaban J connectivity index is 1.96. The minimum Gasteiger partial charge on any atom is -0.368 e. The zero-order valence-corrected chi connectivity index (χ0v) is 10.5. The number of amides is 1. The molecule has 2 aromatic rings. The lowest BCUT2D eigenvalue weighted by Crippen LogP contribution is -2.20. The van der Waals surface area contributed by atoms with Crippen LogP contribution < -0.4 is 10.6 Å². The Morgan fingerprint density at radius 1 is 1.16 bits per heavy atom. The van der Waals surface area contributed by atoms with E-state index in [1.54, 1.807) is 12.1 Å². The number of benzene rings is 2. The lowest BCUT2D eigenvalue weighted by atomic mass is 10.1. The fourth-order valence-electron chi connectivity index (χ4n) is 2.12. The Morgan fingerprint density at radius 2 is 1.95 bits per heavy atom. The van der Waals surface area contributed by atoms with Crippen LogP contribution in [-0.4, -0.2) is 5.91 Å². The van der Waals surface area contributed by atoms with Gasteiger partial charge >= 0.3 is 0 Å². The molecule has 0 fully saturated rings. The van der Waals surface area contributed by atoms with Crippen molar-refractivity contribution in [2.24, 2.45) is 0 Å². The third kappa shape index (κ3) is 2.04. The zero-order valence-electron chi connectivity index (χ0n) is 9.78. The highest BCUT2D eigenvalue weighted by Crippen LogP contribution is 2.34. The van der Waals surface area contributed by atoms with Gasteiger partial charge in [-0.05, 0) is 18.2 Å². The molecule has 0 saturated carbocycles. The van der Waals surface area contributed by atoms with Gasteiger partial charge in [0.1, 0.15) is 6.04 Å². The van der Waals surface area contributed by atoms with Crippen molar-refractivity contribution in [2.75, 3.05) is 10.6 Å². The largest absolute Gasteiger partial charge is 0.368 e. The van der Waals surface area contributed by atoms with Crippen LogP contribution >= 0.6 is 11.6 Å². The molecule has 3 rings (SSSR count). The first-order valence-electron chi connectivity index (χ1n) is 5.77. The van der Waals surface area contributed by atoms with E-state index >= 15 is 0 Å². The monoisotopic (exact) mass is 276 g/mol. The quantitative estimate of drug-likeness (QED) is 0.880.